The highest BCUT2D eigenvalue weighted by atomic mass is 16.4. The maximum Gasteiger partial charge on any atom is 0.356 e. The third-order valence-corrected chi connectivity index (χ3v) is 2.92. The molecule has 3 rings (SSSR count). The van der Waals surface area contributed by atoms with Crippen LogP contribution in [0.3, 0.4) is 0 Å². The predicted octanol–water partition coefficient (Wildman–Crippen LogP) is 1.03. The van der Waals surface area contributed by atoms with Crippen molar-refractivity contribution in [3.8, 4) is 0 Å². The lowest BCUT2D eigenvalue weighted by Gasteiger charge is -2.05. The van der Waals surface area contributed by atoms with Crippen molar-refractivity contribution in [2.45, 2.75) is 6.54 Å². The van der Waals surface area contributed by atoms with Gasteiger partial charge in [-0.15, -0.1) is 5.10 Å². The van der Waals surface area contributed by atoms with Crippen molar-refractivity contribution in [3.05, 3.63) is 42.4 Å². The van der Waals surface area contributed by atoms with Gasteiger partial charge in [0.05, 0.1) is 24.5 Å². The van der Waals surface area contributed by atoms with Crippen LogP contribution in [-0.4, -0.2) is 42.6 Å². The third-order valence-electron chi connectivity index (χ3n) is 2.92. The largest absolute Gasteiger partial charge is 0.476 e. The summed E-state index contributed by atoms with van der Waals surface area (Å²) in [7, 11) is 0. The monoisotopic (exact) mass is 284 g/mol. The number of aromatic carboxylic acids is 1. The number of fused-ring (bicyclic) bond motifs is 1. The second kappa shape index (κ2) is 5.53. The van der Waals surface area contributed by atoms with Gasteiger partial charge >= 0.3 is 5.97 Å². The van der Waals surface area contributed by atoms with Crippen LogP contribution in [0, 0.1) is 0 Å². The van der Waals surface area contributed by atoms with Gasteiger partial charge in [-0.25, -0.2) is 19.4 Å². The van der Waals surface area contributed by atoms with Gasteiger partial charge in [0.2, 0.25) is 0 Å². The van der Waals surface area contributed by atoms with Crippen molar-refractivity contribution in [2.75, 3.05) is 11.9 Å². The van der Waals surface area contributed by atoms with Crippen molar-refractivity contribution in [3.63, 3.8) is 0 Å². The van der Waals surface area contributed by atoms with Crippen molar-refractivity contribution < 1.29 is 9.90 Å². The maximum absolute atomic E-state index is 10.7. The minimum absolute atomic E-state index is 0.0807. The Kier molecular flexibility index (Phi) is 3.42. The Morgan fingerprint density at radius 2 is 2.10 bits per heavy atom. The third kappa shape index (κ3) is 2.78. The molecule has 2 N–H and O–H groups in total. The average Bonchev–Trinajstić information content (AvgIpc) is 2.91. The van der Waals surface area contributed by atoms with Gasteiger partial charge in [0.15, 0.2) is 5.69 Å². The number of para-hydroxylation sites is 1. The molecular weight excluding hydrogens is 272 g/mol. The Balaban J connectivity index is 1.62. The molecular formula is C13H12N6O2. The molecule has 0 aliphatic heterocycles. The van der Waals surface area contributed by atoms with Gasteiger partial charge < -0.3 is 10.4 Å². The molecule has 0 spiro atoms. The van der Waals surface area contributed by atoms with Gasteiger partial charge in [0.25, 0.3) is 0 Å². The van der Waals surface area contributed by atoms with E-state index in [-0.39, 0.29) is 5.69 Å². The van der Waals surface area contributed by atoms with E-state index < -0.39 is 5.97 Å². The number of aromatic nitrogens is 5. The molecule has 0 saturated heterocycles. The fourth-order valence-corrected chi connectivity index (χ4v) is 1.90. The lowest BCUT2D eigenvalue weighted by Crippen LogP contribution is -2.13. The molecule has 0 saturated carbocycles. The van der Waals surface area contributed by atoms with E-state index in [0.29, 0.717) is 18.9 Å². The van der Waals surface area contributed by atoms with Crippen LogP contribution in [0.5, 0.6) is 0 Å². The van der Waals surface area contributed by atoms with Crippen LogP contribution in [0.15, 0.2) is 36.7 Å². The van der Waals surface area contributed by atoms with Crippen molar-refractivity contribution >= 4 is 22.8 Å². The van der Waals surface area contributed by atoms with Gasteiger partial charge in [-0.3, -0.25) is 0 Å². The minimum atomic E-state index is -1.09. The number of carboxylic acids is 1. The second-order valence-corrected chi connectivity index (χ2v) is 4.32. The molecule has 106 valence electrons. The van der Waals surface area contributed by atoms with Crippen LogP contribution in [0.1, 0.15) is 10.5 Å². The highest BCUT2D eigenvalue weighted by Crippen LogP contribution is 2.09. The van der Waals surface area contributed by atoms with E-state index >= 15 is 0 Å². The van der Waals surface area contributed by atoms with Gasteiger partial charge in [0.1, 0.15) is 11.3 Å². The predicted molar refractivity (Wildman–Crippen MR) is 75.0 cm³/mol. The van der Waals surface area contributed by atoms with E-state index in [4.69, 9.17) is 5.11 Å². The molecule has 21 heavy (non-hydrogen) atoms. The number of nitrogens with one attached hydrogen (secondary N) is 1. The molecule has 0 aliphatic carbocycles. The molecule has 0 unspecified atom stereocenters. The molecule has 3 aromatic rings. The summed E-state index contributed by atoms with van der Waals surface area (Å²) in [6.07, 6.45) is 2.61. The van der Waals surface area contributed by atoms with Gasteiger partial charge in [0, 0.05) is 6.54 Å². The Morgan fingerprint density at radius 3 is 2.86 bits per heavy atom. The van der Waals surface area contributed by atoms with E-state index in [0.717, 1.165) is 11.0 Å². The Labute approximate surface area is 119 Å². The first-order chi connectivity index (χ1) is 10.2. The second-order valence-electron chi connectivity index (χ2n) is 4.32. The maximum atomic E-state index is 10.7. The number of carbonyl (C=O) groups is 1. The minimum Gasteiger partial charge on any atom is -0.476 e. The van der Waals surface area contributed by atoms with Crippen molar-refractivity contribution in [1.29, 1.82) is 0 Å². The summed E-state index contributed by atoms with van der Waals surface area (Å²) in [5.41, 5.74) is 1.73. The zero-order chi connectivity index (χ0) is 14.7. The first-order valence-electron chi connectivity index (χ1n) is 6.31. The summed E-state index contributed by atoms with van der Waals surface area (Å²) in [6.45, 7) is 1.19. The summed E-state index contributed by atoms with van der Waals surface area (Å²) in [5, 5.41) is 19.9. The van der Waals surface area contributed by atoms with E-state index in [1.54, 1.807) is 4.68 Å². The molecule has 2 heterocycles. The SMILES string of the molecule is O=C(O)c1cnc(NCCn2nnc3ccccc32)cn1. The van der Waals surface area contributed by atoms with E-state index in [2.05, 4.69) is 25.6 Å². The summed E-state index contributed by atoms with van der Waals surface area (Å²) in [5.74, 6) is -0.576. The van der Waals surface area contributed by atoms with Gasteiger partial charge in [-0.1, -0.05) is 17.3 Å². The van der Waals surface area contributed by atoms with Crippen LogP contribution >= 0.6 is 0 Å². The number of nitrogens with zero attached hydrogens (tertiary/aromatic N) is 5. The summed E-state index contributed by atoms with van der Waals surface area (Å²) >= 11 is 0. The van der Waals surface area contributed by atoms with E-state index in [1.165, 1.54) is 12.4 Å². The van der Waals surface area contributed by atoms with Crippen LogP contribution in [0.4, 0.5) is 5.82 Å². The molecule has 1 aromatic carbocycles. The standard InChI is InChI=1S/C13H12N6O2/c20-13(21)10-7-16-12(8-15-10)14-5-6-19-11-4-2-1-3-9(11)17-18-19/h1-4,7-8H,5-6H2,(H,14,16)(H,20,21). The molecule has 0 radical (unpaired) electrons. The van der Waals surface area contributed by atoms with Crippen LogP contribution in [-0.2, 0) is 6.54 Å². The van der Waals surface area contributed by atoms with E-state index in [9.17, 15) is 4.79 Å². The molecule has 0 atom stereocenters. The van der Waals surface area contributed by atoms with Crippen molar-refractivity contribution in [1.82, 2.24) is 25.0 Å². The molecule has 0 amide bonds. The first-order valence-corrected chi connectivity index (χ1v) is 6.31. The van der Waals surface area contributed by atoms with Crippen LogP contribution < -0.4 is 5.32 Å². The number of rotatable bonds is 5. The number of hydrogen-bond acceptors (Lipinski definition) is 6. The average molecular weight is 284 g/mol. The molecule has 8 heteroatoms. The van der Waals surface area contributed by atoms with Crippen LogP contribution in [0.25, 0.3) is 11.0 Å². The Bertz CT molecular complexity index is 768. The fourth-order valence-electron chi connectivity index (χ4n) is 1.90. The number of hydrogen-bond donors (Lipinski definition) is 2. The highest BCUT2D eigenvalue weighted by Gasteiger charge is 2.05. The zero-order valence-electron chi connectivity index (χ0n) is 11.0. The van der Waals surface area contributed by atoms with Crippen LogP contribution in [0.2, 0.25) is 0 Å². The number of carboxylic acid groups (broad SMARTS) is 1. The van der Waals surface area contributed by atoms with E-state index in [1.807, 2.05) is 24.3 Å². The molecule has 8 nitrogen and oxygen atoms in total. The topological polar surface area (TPSA) is 106 Å². The quantitative estimate of drug-likeness (QED) is 0.720. The zero-order valence-corrected chi connectivity index (χ0v) is 11.0. The number of benzene rings is 1. The first kappa shape index (κ1) is 13.0. The van der Waals surface area contributed by atoms with Gasteiger partial charge in [-0.2, -0.15) is 0 Å². The molecule has 2 aromatic heterocycles. The lowest BCUT2D eigenvalue weighted by molar-refractivity contribution is 0.0690. The summed E-state index contributed by atoms with van der Waals surface area (Å²) in [6, 6.07) is 7.71. The smallest absolute Gasteiger partial charge is 0.356 e. The Morgan fingerprint density at radius 1 is 1.24 bits per heavy atom. The normalized spacial score (nSPS) is 10.7. The fraction of sp³-hybridized carbons (Fsp3) is 0.154. The lowest BCUT2D eigenvalue weighted by atomic mass is 10.3. The number of anilines is 1. The summed E-state index contributed by atoms with van der Waals surface area (Å²) in [4.78, 5) is 18.4. The molecule has 0 aliphatic rings. The van der Waals surface area contributed by atoms with Crippen molar-refractivity contribution in [2.24, 2.45) is 0 Å². The molecule has 0 fully saturated rings. The Hall–Kier alpha value is -3.03. The highest BCUT2D eigenvalue weighted by molar-refractivity contribution is 5.84. The van der Waals surface area contributed by atoms with Gasteiger partial charge in [-0.05, 0) is 12.1 Å². The summed E-state index contributed by atoms with van der Waals surface area (Å²) < 4.78 is 1.79. The molecule has 0 bridgehead atoms.